The van der Waals surface area contributed by atoms with Crippen LogP contribution in [-0.4, -0.2) is 122 Å². The van der Waals surface area contributed by atoms with Gasteiger partial charge in [0.25, 0.3) is 0 Å². The van der Waals surface area contributed by atoms with Crippen LogP contribution in [0.1, 0.15) is 149 Å². The lowest BCUT2D eigenvalue weighted by Crippen LogP contribution is -2.53. The number of Topliss-reactive ketones (excluding diaryl/α,β-unsaturated/α-hetero) is 3. The number of aliphatic hydroxyl groups is 1. The number of hydrogen-bond donors (Lipinski definition) is 5. The smallest absolute Gasteiger partial charge is 0.412 e. The van der Waals surface area contributed by atoms with E-state index in [-0.39, 0.29) is 84.9 Å². The fraction of sp³-hybridized carbons (Fsp3) is 0.613. The Kier molecular flexibility index (Phi) is 25.4. The van der Waals surface area contributed by atoms with Crippen LogP contribution in [0.25, 0.3) is 0 Å². The highest BCUT2D eigenvalue weighted by Gasteiger charge is 2.64. The summed E-state index contributed by atoms with van der Waals surface area (Å²) in [6.07, 6.45) is 3.68. The third kappa shape index (κ3) is 18.6. The Hall–Kier alpha value is -6.29. The van der Waals surface area contributed by atoms with Crippen molar-refractivity contribution in [2.75, 3.05) is 38.0 Å². The number of nitrogens with zero attached hydrogens (tertiary/aromatic N) is 1. The maximum absolute atomic E-state index is 16.1. The summed E-state index contributed by atoms with van der Waals surface area (Å²) in [7, 11) is 4.32. The van der Waals surface area contributed by atoms with Crippen LogP contribution in [0.4, 0.5) is 29.7 Å². The van der Waals surface area contributed by atoms with Gasteiger partial charge in [-0.3, -0.25) is 34.1 Å². The number of primary amides is 1. The Morgan fingerprint density at radius 1 is 0.964 bits per heavy atom. The minimum Gasteiger partial charge on any atom is -0.495 e. The molecule has 2 fully saturated rings. The molecule has 3 aliphatic heterocycles. The number of urea groups is 1. The third-order valence-electron chi connectivity index (χ3n) is 16.5. The molecule has 0 saturated carbocycles. The second-order valence-electron chi connectivity index (χ2n) is 23.2. The van der Waals surface area contributed by atoms with Gasteiger partial charge in [0.1, 0.15) is 63.5 Å². The summed E-state index contributed by atoms with van der Waals surface area (Å²) < 4.78 is 61.4. The Bertz CT molecular complexity index is 2770. The van der Waals surface area contributed by atoms with E-state index < -0.39 is 125 Å². The fourth-order valence-electron chi connectivity index (χ4n) is 11.3. The fourth-order valence-corrected chi connectivity index (χ4v) is 11.6. The van der Waals surface area contributed by atoms with Crippen LogP contribution in [0.2, 0.25) is 5.02 Å². The summed E-state index contributed by atoms with van der Waals surface area (Å²) >= 11 is 6.81. The molecule has 84 heavy (non-hydrogen) atoms. The predicted octanol–water partition coefficient (Wildman–Crippen LogP) is 9.52. The van der Waals surface area contributed by atoms with Crippen LogP contribution >= 0.6 is 11.6 Å². The number of esters is 1. The first-order valence-electron chi connectivity index (χ1n) is 29.1. The molecule has 6 N–H and O–H groups in total. The molecule has 0 aliphatic carbocycles. The van der Waals surface area contributed by atoms with E-state index in [1.807, 2.05) is 26.8 Å². The Balaban J connectivity index is 1.34. The Labute approximate surface area is 496 Å². The van der Waals surface area contributed by atoms with Crippen LogP contribution in [0.3, 0.4) is 0 Å². The van der Waals surface area contributed by atoms with Crippen molar-refractivity contribution in [3.8, 4) is 5.75 Å². The molecule has 5 rings (SSSR count). The molecule has 0 spiro atoms. The standard InChI is InChI=1S/C62H86ClF2N5O14/c1-11-39(12-2)48(72)22-16-14-13-15-20-41(71)30-42(35(3)4)58(76)68-45(21-18-24-67-59(66)77)49(73)29-40-28-44(65)46(31-43(40)64)69-60(78)83-53-32-54(74)70(8)47-26-38(27-50(80-9)56(47)63)25-36(5)19-17-23-52(81-10)62(79)33-51(82-55(75)34-62)37(6)57-61(53,7)84-57/h17,19,23,26-28,31,35,37,39,42,45,51-53,57,79H,11-16,18,20-22,24-25,29-30,32-34H2,1-10H3,(H,68,76)(H,69,78)(H3,66,67,77)/b23-17+,36-19+/t37-,42+,45+,51+,52-,53+,57+,61+,62-/m1/s1. The van der Waals surface area contributed by atoms with Gasteiger partial charge in [0.2, 0.25) is 11.8 Å². The van der Waals surface area contributed by atoms with Gasteiger partial charge in [0.05, 0.1) is 43.5 Å². The van der Waals surface area contributed by atoms with Crippen molar-refractivity contribution in [3.05, 3.63) is 75.9 Å². The van der Waals surface area contributed by atoms with Gasteiger partial charge in [-0.25, -0.2) is 18.4 Å². The normalized spacial score (nSPS) is 24.4. The number of ketones is 3. The second kappa shape index (κ2) is 31.2. The van der Waals surface area contributed by atoms with Crippen molar-refractivity contribution in [1.29, 1.82) is 0 Å². The van der Waals surface area contributed by atoms with Gasteiger partial charge in [0, 0.05) is 76.6 Å². The van der Waals surface area contributed by atoms with Crippen LogP contribution < -0.4 is 31.3 Å². The Morgan fingerprint density at radius 2 is 1.65 bits per heavy atom. The topological polar surface area (TPSA) is 272 Å². The van der Waals surface area contributed by atoms with E-state index in [0.29, 0.717) is 30.9 Å². The van der Waals surface area contributed by atoms with Crippen LogP contribution in [0, 0.1) is 35.3 Å². The number of unbranched alkanes of at least 4 members (excludes halogenated alkanes) is 3. The number of benzene rings is 2. The summed E-state index contributed by atoms with van der Waals surface area (Å²) in [5.74, 6) is -6.21. The highest BCUT2D eigenvalue weighted by Crippen LogP contribution is 2.50. The zero-order valence-corrected chi connectivity index (χ0v) is 50.9. The number of halogens is 3. The molecule has 5 amide bonds. The summed E-state index contributed by atoms with van der Waals surface area (Å²) in [6.45, 7) is 12.8. The van der Waals surface area contributed by atoms with E-state index >= 15 is 8.78 Å². The first-order chi connectivity index (χ1) is 39.7. The number of epoxide rings is 1. The molecule has 19 nitrogen and oxygen atoms in total. The van der Waals surface area contributed by atoms with E-state index in [0.717, 1.165) is 43.7 Å². The molecule has 0 aromatic heterocycles. The highest BCUT2D eigenvalue weighted by molar-refractivity contribution is 6.35. The molecule has 0 unspecified atom stereocenters. The first kappa shape index (κ1) is 68.5. The lowest BCUT2D eigenvalue weighted by Gasteiger charge is -2.41. The van der Waals surface area contributed by atoms with E-state index in [1.165, 1.54) is 26.2 Å². The molecule has 2 saturated heterocycles. The van der Waals surface area contributed by atoms with E-state index in [1.54, 1.807) is 52.0 Å². The summed E-state index contributed by atoms with van der Waals surface area (Å²) in [5, 5.41) is 19.5. The molecule has 2 aromatic rings. The predicted molar refractivity (Wildman–Crippen MR) is 312 cm³/mol. The quantitative estimate of drug-likeness (QED) is 0.0333. The van der Waals surface area contributed by atoms with Crippen molar-refractivity contribution in [2.24, 2.45) is 29.4 Å². The number of amides is 5. The van der Waals surface area contributed by atoms with Gasteiger partial charge in [-0.1, -0.05) is 82.9 Å². The van der Waals surface area contributed by atoms with E-state index in [9.17, 15) is 43.5 Å². The summed E-state index contributed by atoms with van der Waals surface area (Å²) in [5.41, 5.74) is 2.81. The molecule has 4 bridgehead atoms. The molecular formula is C62H86ClF2N5O14. The number of fused-ring (bicyclic) bond motifs is 5. The zero-order chi connectivity index (χ0) is 62.2. The summed E-state index contributed by atoms with van der Waals surface area (Å²) in [6, 6.07) is 2.74. The molecular weight excluding hydrogens is 1110 g/mol. The minimum absolute atomic E-state index is 0.0336. The average molecular weight is 1200 g/mol. The number of hydrogen-bond acceptors (Lipinski definition) is 14. The van der Waals surface area contributed by atoms with Crippen molar-refractivity contribution >= 4 is 70.2 Å². The molecule has 464 valence electrons. The van der Waals surface area contributed by atoms with E-state index in [2.05, 4.69) is 16.0 Å². The third-order valence-corrected chi connectivity index (χ3v) is 16.9. The Morgan fingerprint density at radius 3 is 2.30 bits per heavy atom. The first-order valence-corrected chi connectivity index (χ1v) is 29.5. The number of nitrogens with one attached hydrogen (secondary N) is 3. The molecule has 22 heteroatoms. The van der Waals surface area contributed by atoms with Crippen molar-refractivity contribution in [2.45, 2.75) is 193 Å². The number of carbonyl (C=O) groups is 8. The SMILES string of the molecule is CCC(CC)C(=O)CCCCCCC(=O)C[C@H](C(=O)N[C@@H](CCCNC(N)=O)C(=O)Cc1cc(F)c(NC(=O)O[C@H]2CC(=O)N(C)c3cc(cc(OC)c3Cl)C/C(C)=C/C=C/[C@@H](OC)[C@]3(O)CC(=O)O[C@@H](C3)[C@@H](C)[C@@H]3O[C@@]23C)cc1F)C(C)C. The monoisotopic (exact) mass is 1200 g/mol. The second-order valence-corrected chi connectivity index (χ2v) is 23.6. The highest BCUT2D eigenvalue weighted by atomic mass is 35.5. The number of ether oxygens (including phenoxy) is 5. The van der Waals surface area contributed by atoms with Gasteiger partial charge < -0.3 is 50.1 Å². The maximum Gasteiger partial charge on any atom is 0.412 e. The number of rotatable bonds is 26. The van der Waals surface area contributed by atoms with Crippen LogP contribution in [0.5, 0.6) is 5.75 Å². The molecule has 3 aliphatic rings. The van der Waals surface area contributed by atoms with Crippen molar-refractivity contribution in [3.63, 3.8) is 0 Å². The number of methoxy groups -OCH3 is 2. The minimum atomic E-state index is -1.70. The lowest BCUT2D eigenvalue weighted by atomic mass is 9.78. The lowest BCUT2D eigenvalue weighted by molar-refractivity contribution is -0.187. The van der Waals surface area contributed by atoms with Crippen LogP contribution in [0.15, 0.2) is 48.1 Å². The average Bonchev–Trinajstić information content (AvgIpc) is 1.83. The van der Waals surface area contributed by atoms with Crippen LogP contribution in [-0.2, 0) is 60.6 Å². The van der Waals surface area contributed by atoms with Crippen molar-refractivity contribution < 1.29 is 75.9 Å². The van der Waals surface area contributed by atoms with Gasteiger partial charge >= 0.3 is 18.1 Å². The molecule has 0 radical (unpaired) electrons. The number of anilines is 2. The molecule has 3 heterocycles. The number of carbonyl (C=O) groups excluding carboxylic acids is 8. The van der Waals surface area contributed by atoms with Gasteiger partial charge in [-0.2, -0.15) is 0 Å². The summed E-state index contributed by atoms with van der Waals surface area (Å²) in [4.78, 5) is 108. The van der Waals surface area contributed by atoms with Crippen molar-refractivity contribution in [1.82, 2.24) is 10.6 Å². The number of allylic oxidation sites excluding steroid dienone is 3. The maximum atomic E-state index is 16.1. The molecule has 9 atom stereocenters. The van der Waals surface area contributed by atoms with Gasteiger partial charge in [-0.15, -0.1) is 0 Å². The van der Waals surface area contributed by atoms with Gasteiger partial charge in [0.15, 0.2) is 5.78 Å². The molecule has 2 aromatic carbocycles. The zero-order valence-electron chi connectivity index (χ0n) is 50.2. The number of nitrogens with two attached hydrogens (primary N) is 1. The van der Waals surface area contributed by atoms with E-state index in [4.69, 9.17) is 41.0 Å². The van der Waals surface area contributed by atoms with Gasteiger partial charge in [-0.05, 0) is 94.0 Å². The largest absolute Gasteiger partial charge is 0.495 e.